The van der Waals surface area contributed by atoms with Crippen molar-refractivity contribution in [3.05, 3.63) is 75.6 Å². The zero-order valence-electron chi connectivity index (χ0n) is 19.1. The van der Waals surface area contributed by atoms with Gasteiger partial charge in [-0.25, -0.2) is 13.8 Å². The van der Waals surface area contributed by atoms with Gasteiger partial charge in [-0.05, 0) is 37.3 Å². The van der Waals surface area contributed by atoms with Crippen LogP contribution < -0.4 is 10.2 Å². The second kappa shape index (κ2) is 9.76. The fraction of sp³-hybridized carbons (Fsp3) is 0.400. The van der Waals surface area contributed by atoms with Crippen molar-refractivity contribution in [1.29, 1.82) is 0 Å². The summed E-state index contributed by atoms with van der Waals surface area (Å²) in [7, 11) is 0. The van der Waals surface area contributed by atoms with Gasteiger partial charge in [0.05, 0.1) is 24.6 Å². The molecule has 0 saturated carbocycles. The van der Waals surface area contributed by atoms with Crippen molar-refractivity contribution in [2.75, 3.05) is 24.5 Å². The van der Waals surface area contributed by atoms with Gasteiger partial charge in [0.1, 0.15) is 16.5 Å². The number of thiazole rings is 1. The van der Waals surface area contributed by atoms with Gasteiger partial charge in [0.15, 0.2) is 5.13 Å². The van der Waals surface area contributed by atoms with E-state index in [1.165, 1.54) is 28.0 Å². The summed E-state index contributed by atoms with van der Waals surface area (Å²) >= 11 is 1.33. The van der Waals surface area contributed by atoms with Crippen molar-refractivity contribution in [3.63, 3.8) is 0 Å². The standard InChI is InChI=1S/C25H27F2N5OS/c1-16-2-3-18-15-32(7-4-17(18)10-16)20-5-8-31(9-6-20)25-30-14-23(34-25)24(33)29-13-22-21(27)11-19(26)12-28-22/h2-3,10-12,14,20H,4-9,13,15H2,1H3,(H,29,33). The first kappa shape index (κ1) is 22.9. The second-order valence-corrected chi connectivity index (χ2v) is 9.99. The fourth-order valence-corrected chi connectivity index (χ4v) is 5.66. The van der Waals surface area contributed by atoms with Crippen molar-refractivity contribution in [3.8, 4) is 0 Å². The molecular weight excluding hydrogens is 456 g/mol. The highest BCUT2D eigenvalue weighted by molar-refractivity contribution is 7.17. The maximum absolute atomic E-state index is 13.7. The number of pyridine rings is 1. The lowest BCUT2D eigenvalue weighted by atomic mass is 9.94. The number of benzene rings is 1. The first-order valence-electron chi connectivity index (χ1n) is 11.6. The molecule has 0 radical (unpaired) electrons. The van der Waals surface area contributed by atoms with Crippen LogP contribution in [0.2, 0.25) is 0 Å². The summed E-state index contributed by atoms with van der Waals surface area (Å²) in [4.78, 5) is 25.9. The van der Waals surface area contributed by atoms with Gasteiger partial charge in [0.2, 0.25) is 0 Å². The zero-order valence-corrected chi connectivity index (χ0v) is 19.9. The summed E-state index contributed by atoms with van der Waals surface area (Å²) in [5.41, 5.74) is 4.26. The predicted molar refractivity (Wildman–Crippen MR) is 128 cm³/mol. The third-order valence-corrected chi connectivity index (χ3v) is 7.73. The van der Waals surface area contributed by atoms with Crippen LogP contribution in [0.25, 0.3) is 0 Å². The first-order chi connectivity index (χ1) is 16.5. The molecule has 178 valence electrons. The van der Waals surface area contributed by atoms with Crippen LogP contribution in [0.5, 0.6) is 0 Å². The number of aryl methyl sites for hydroxylation is 1. The number of nitrogens with one attached hydrogen (secondary N) is 1. The molecule has 5 rings (SSSR count). The number of anilines is 1. The quantitative estimate of drug-likeness (QED) is 0.593. The number of halogens is 2. The average molecular weight is 484 g/mol. The third-order valence-electron chi connectivity index (χ3n) is 6.67. The lowest BCUT2D eigenvalue weighted by Crippen LogP contribution is -2.46. The average Bonchev–Trinajstić information content (AvgIpc) is 3.34. The van der Waals surface area contributed by atoms with Gasteiger partial charge in [-0.1, -0.05) is 35.1 Å². The molecule has 1 amide bonds. The van der Waals surface area contributed by atoms with Crippen molar-refractivity contribution >= 4 is 22.4 Å². The molecule has 0 bridgehead atoms. The van der Waals surface area contributed by atoms with Crippen LogP contribution in [0.4, 0.5) is 13.9 Å². The minimum atomic E-state index is -0.777. The molecule has 34 heavy (non-hydrogen) atoms. The van der Waals surface area contributed by atoms with E-state index in [4.69, 9.17) is 0 Å². The number of nitrogens with zero attached hydrogens (tertiary/aromatic N) is 4. The molecule has 6 nitrogen and oxygen atoms in total. The number of amides is 1. The van der Waals surface area contributed by atoms with Crippen molar-refractivity contribution in [1.82, 2.24) is 20.2 Å². The molecule has 2 aromatic heterocycles. The molecule has 0 aliphatic carbocycles. The highest BCUT2D eigenvalue weighted by Gasteiger charge is 2.28. The molecule has 1 saturated heterocycles. The van der Waals surface area contributed by atoms with Gasteiger partial charge in [0, 0.05) is 38.3 Å². The van der Waals surface area contributed by atoms with E-state index >= 15 is 0 Å². The smallest absolute Gasteiger partial charge is 0.263 e. The number of piperidine rings is 1. The Labute approximate surface area is 201 Å². The molecule has 0 unspecified atom stereocenters. The lowest BCUT2D eigenvalue weighted by Gasteiger charge is -2.40. The Bertz CT molecular complexity index is 1190. The van der Waals surface area contributed by atoms with Crippen LogP contribution in [-0.2, 0) is 19.5 Å². The van der Waals surface area contributed by atoms with Gasteiger partial charge >= 0.3 is 0 Å². The van der Waals surface area contributed by atoms with E-state index < -0.39 is 11.6 Å². The Morgan fingerprint density at radius 1 is 1.12 bits per heavy atom. The fourth-order valence-electron chi connectivity index (χ4n) is 4.78. The van der Waals surface area contributed by atoms with Crippen molar-refractivity contribution in [2.45, 2.75) is 45.3 Å². The molecule has 2 aliphatic heterocycles. The Hall–Kier alpha value is -2.91. The van der Waals surface area contributed by atoms with Gasteiger partial charge in [-0.3, -0.25) is 14.7 Å². The van der Waals surface area contributed by atoms with Crippen molar-refractivity contribution in [2.24, 2.45) is 0 Å². The molecule has 9 heteroatoms. The Balaban J connectivity index is 1.14. The normalized spacial score (nSPS) is 17.0. The van der Waals surface area contributed by atoms with Crippen molar-refractivity contribution < 1.29 is 13.6 Å². The molecule has 1 aromatic carbocycles. The summed E-state index contributed by atoms with van der Waals surface area (Å²) in [6.07, 6.45) is 5.73. The predicted octanol–water partition coefficient (Wildman–Crippen LogP) is 4.08. The van der Waals surface area contributed by atoms with Gasteiger partial charge in [-0.2, -0.15) is 0 Å². The largest absolute Gasteiger partial charge is 0.348 e. The number of rotatable bonds is 5. The maximum Gasteiger partial charge on any atom is 0.263 e. The van der Waals surface area contributed by atoms with E-state index in [0.29, 0.717) is 10.9 Å². The number of carbonyl (C=O) groups excluding carboxylic acids is 1. The monoisotopic (exact) mass is 483 g/mol. The van der Waals surface area contributed by atoms with E-state index in [-0.39, 0.29) is 18.1 Å². The van der Waals surface area contributed by atoms with E-state index in [2.05, 4.69) is 50.2 Å². The van der Waals surface area contributed by atoms with Crippen LogP contribution in [-0.4, -0.2) is 46.5 Å². The summed E-state index contributed by atoms with van der Waals surface area (Å²) < 4.78 is 26.7. The molecule has 1 fully saturated rings. The second-order valence-electron chi connectivity index (χ2n) is 8.98. The highest BCUT2D eigenvalue weighted by atomic mass is 32.1. The van der Waals surface area contributed by atoms with E-state index in [1.807, 2.05) is 0 Å². The zero-order chi connectivity index (χ0) is 23.7. The van der Waals surface area contributed by atoms with Crippen LogP contribution in [0.1, 0.15) is 44.9 Å². The van der Waals surface area contributed by atoms with Crippen LogP contribution in [0, 0.1) is 18.6 Å². The number of fused-ring (bicyclic) bond motifs is 1. The molecule has 3 aromatic rings. The van der Waals surface area contributed by atoms with Gasteiger partial charge in [-0.15, -0.1) is 0 Å². The summed E-state index contributed by atoms with van der Waals surface area (Å²) in [5.74, 6) is -1.87. The van der Waals surface area contributed by atoms with Gasteiger partial charge < -0.3 is 10.2 Å². The van der Waals surface area contributed by atoms with E-state index in [0.717, 1.165) is 62.8 Å². The molecule has 4 heterocycles. The van der Waals surface area contributed by atoms with E-state index in [9.17, 15) is 13.6 Å². The third kappa shape index (κ3) is 4.95. The number of aromatic nitrogens is 2. The first-order valence-corrected chi connectivity index (χ1v) is 12.4. The minimum Gasteiger partial charge on any atom is -0.348 e. The number of hydrogen-bond donors (Lipinski definition) is 1. The molecule has 1 N–H and O–H groups in total. The lowest BCUT2D eigenvalue weighted by molar-refractivity contribution is 0.0954. The number of hydrogen-bond acceptors (Lipinski definition) is 6. The molecule has 2 aliphatic rings. The van der Waals surface area contributed by atoms with Crippen LogP contribution >= 0.6 is 11.3 Å². The van der Waals surface area contributed by atoms with Crippen LogP contribution in [0.3, 0.4) is 0 Å². The van der Waals surface area contributed by atoms with E-state index in [1.54, 1.807) is 6.20 Å². The Kier molecular flexibility index (Phi) is 6.56. The molecular formula is C25H27F2N5OS. The topological polar surface area (TPSA) is 61.4 Å². The van der Waals surface area contributed by atoms with Crippen LogP contribution in [0.15, 0.2) is 36.7 Å². The minimum absolute atomic E-state index is 0.00275. The Morgan fingerprint density at radius 2 is 1.94 bits per heavy atom. The SMILES string of the molecule is Cc1ccc2c(c1)CCN(C1CCN(c3ncc(C(=O)NCc4ncc(F)cc4F)s3)CC1)C2. The molecule has 0 atom stereocenters. The number of carbonyl (C=O) groups is 1. The maximum atomic E-state index is 13.7. The summed E-state index contributed by atoms with van der Waals surface area (Å²) in [6, 6.07) is 8.11. The molecule has 0 spiro atoms. The highest BCUT2D eigenvalue weighted by Crippen LogP contribution is 2.29. The summed E-state index contributed by atoms with van der Waals surface area (Å²) in [6.45, 7) is 5.97. The van der Waals surface area contributed by atoms with Gasteiger partial charge in [0.25, 0.3) is 5.91 Å². The summed E-state index contributed by atoms with van der Waals surface area (Å²) in [5, 5.41) is 3.46. The Morgan fingerprint density at radius 3 is 2.74 bits per heavy atom.